The number of rotatable bonds is 2. The molecule has 0 aromatic carbocycles. The fourth-order valence-electron chi connectivity index (χ4n) is 2.54. The first-order valence-corrected chi connectivity index (χ1v) is 7.00. The number of nitrogen functional groups attached to an aromatic ring is 1. The Bertz CT molecular complexity index is 758. The van der Waals surface area contributed by atoms with Crippen LogP contribution < -0.4 is 10.6 Å². The summed E-state index contributed by atoms with van der Waals surface area (Å²) >= 11 is 0. The molecule has 0 radical (unpaired) electrons. The Morgan fingerprint density at radius 2 is 1.95 bits per heavy atom. The Hall–Kier alpha value is -2.64. The predicted molar refractivity (Wildman–Crippen MR) is 76.8 cm³/mol. The summed E-state index contributed by atoms with van der Waals surface area (Å²) < 4.78 is 6.73. The fraction of sp³-hybridized carbons (Fsp3) is 0.385. The third kappa shape index (κ3) is 2.08. The Labute approximate surface area is 120 Å². The third-order valence-electron chi connectivity index (χ3n) is 3.60. The lowest BCUT2D eigenvalue weighted by atomic mass is 10.1. The first-order valence-electron chi connectivity index (χ1n) is 7.00. The highest BCUT2D eigenvalue weighted by molar-refractivity contribution is 5.53. The minimum atomic E-state index is 0.283. The highest BCUT2D eigenvalue weighted by Gasteiger charge is 2.18. The molecule has 108 valence electrons. The van der Waals surface area contributed by atoms with E-state index in [1.807, 2.05) is 0 Å². The highest BCUT2D eigenvalue weighted by Crippen LogP contribution is 2.20. The SMILES string of the molecule is Nc1nc(N2CCCCC2)nc2nc(-c3ccco3)nn12. The highest BCUT2D eigenvalue weighted by atomic mass is 16.3. The molecule has 0 amide bonds. The molecule has 4 rings (SSSR count). The van der Waals surface area contributed by atoms with Crippen LogP contribution in [-0.2, 0) is 0 Å². The summed E-state index contributed by atoms with van der Waals surface area (Å²) in [6, 6.07) is 3.58. The van der Waals surface area contributed by atoms with Gasteiger partial charge >= 0.3 is 0 Å². The molecule has 0 unspecified atom stereocenters. The molecule has 3 aromatic rings. The van der Waals surface area contributed by atoms with Crippen molar-refractivity contribution in [3.63, 3.8) is 0 Å². The molecular formula is C13H15N7O. The van der Waals surface area contributed by atoms with E-state index < -0.39 is 0 Å². The quantitative estimate of drug-likeness (QED) is 0.758. The van der Waals surface area contributed by atoms with Gasteiger partial charge in [-0.25, -0.2) is 0 Å². The van der Waals surface area contributed by atoms with Gasteiger partial charge < -0.3 is 15.1 Å². The molecule has 21 heavy (non-hydrogen) atoms. The monoisotopic (exact) mass is 285 g/mol. The normalized spacial score (nSPS) is 15.7. The van der Waals surface area contributed by atoms with Crippen LogP contribution in [0.2, 0.25) is 0 Å². The van der Waals surface area contributed by atoms with Crippen molar-refractivity contribution in [2.75, 3.05) is 23.7 Å². The van der Waals surface area contributed by atoms with Crippen molar-refractivity contribution < 1.29 is 4.42 Å². The summed E-state index contributed by atoms with van der Waals surface area (Å²) in [6.45, 7) is 1.91. The molecule has 3 aromatic heterocycles. The zero-order valence-electron chi connectivity index (χ0n) is 11.4. The third-order valence-corrected chi connectivity index (χ3v) is 3.60. The van der Waals surface area contributed by atoms with Crippen molar-refractivity contribution in [3.05, 3.63) is 18.4 Å². The smallest absolute Gasteiger partial charge is 0.259 e. The topological polar surface area (TPSA) is 98.4 Å². The van der Waals surface area contributed by atoms with Crippen molar-refractivity contribution in [2.45, 2.75) is 19.3 Å². The molecule has 8 nitrogen and oxygen atoms in total. The maximum absolute atomic E-state index is 5.98. The van der Waals surface area contributed by atoms with Crippen molar-refractivity contribution in [1.29, 1.82) is 0 Å². The molecule has 0 aliphatic carbocycles. The van der Waals surface area contributed by atoms with E-state index in [-0.39, 0.29) is 5.95 Å². The second-order valence-electron chi connectivity index (χ2n) is 5.05. The average molecular weight is 285 g/mol. The van der Waals surface area contributed by atoms with Crippen LogP contribution >= 0.6 is 0 Å². The van der Waals surface area contributed by atoms with E-state index in [2.05, 4.69) is 25.0 Å². The summed E-state index contributed by atoms with van der Waals surface area (Å²) in [5, 5.41) is 4.28. The van der Waals surface area contributed by atoms with Crippen LogP contribution in [0.4, 0.5) is 11.9 Å². The molecule has 0 spiro atoms. The van der Waals surface area contributed by atoms with Crippen LogP contribution in [0.5, 0.6) is 0 Å². The Kier molecular flexibility index (Phi) is 2.73. The zero-order valence-corrected chi connectivity index (χ0v) is 11.4. The van der Waals surface area contributed by atoms with E-state index in [0.29, 0.717) is 23.3 Å². The van der Waals surface area contributed by atoms with Gasteiger partial charge in [-0.3, -0.25) is 0 Å². The predicted octanol–water partition coefficient (Wildman–Crippen LogP) is 1.35. The van der Waals surface area contributed by atoms with Gasteiger partial charge in [0.05, 0.1) is 6.26 Å². The number of aromatic nitrogens is 5. The van der Waals surface area contributed by atoms with Crippen LogP contribution in [0.15, 0.2) is 22.8 Å². The maximum Gasteiger partial charge on any atom is 0.259 e. The van der Waals surface area contributed by atoms with Gasteiger partial charge in [-0.1, -0.05) is 0 Å². The molecule has 0 atom stereocenters. The lowest BCUT2D eigenvalue weighted by molar-refractivity contribution is 0.567. The Balaban J connectivity index is 1.78. The number of nitrogens with zero attached hydrogens (tertiary/aromatic N) is 6. The lowest BCUT2D eigenvalue weighted by Gasteiger charge is -2.26. The van der Waals surface area contributed by atoms with Gasteiger partial charge in [-0.15, -0.1) is 5.10 Å². The lowest BCUT2D eigenvalue weighted by Crippen LogP contribution is -2.31. The molecule has 2 N–H and O–H groups in total. The largest absolute Gasteiger partial charge is 0.461 e. The van der Waals surface area contributed by atoms with Gasteiger partial charge in [0.2, 0.25) is 17.7 Å². The minimum absolute atomic E-state index is 0.283. The van der Waals surface area contributed by atoms with E-state index in [0.717, 1.165) is 25.9 Å². The van der Waals surface area contributed by atoms with Crippen molar-refractivity contribution >= 4 is 17.7 Å². The van der Waals surface area contributed by atoms with Gasteiger partial charge in [-0.2, -0.15) is 19.5 Å². The number of piperidine rings is 1. The number of hydrogen-bond donors (Lipinski definition) is 1. The van der Waals surface area contributed by atoms with E-state index in [9.17, 15) is 0 Å². The number of fused-ring (bicyclic) bond motifs is 1. The Morgan fingerprint density at radius 3 is 2.71 bits per heavy atom. The van der Waals surface area contributed by atoms with Crippen molar-refractivity contribution in [3.8, 4) is 11.6 Å². The molecule has 8 heteroatoms. The van der Waals surface area contributed by atoms with Gasteiger partial charge in [0, 0.05) is 13.1 Å². The first kappa shape index (κ1) is 12.1. The average Bonchev–Trinajstić information content (AvgIpc) is 3.17. The minimum Gasteiger partial charge on any atom is -0.461 e. The van der Waals surface area contributed by atoms with Crippen molar-refractivity contribution in [1.82, 2.24) is 24.6 Å². The summed E-state index contributed by atoms with van der Waals surface area (Å²) in [5.41, 5.74) is 5.98. The number of anilines is 2. The van der Waals surface area contributed by atoms with E-state index >= 15 is 0 Å². The van der Waals surface area contributed by atoms with Gasteiger partial charge in [0.15, 0.2) is 5.76 Å². The molecule has 1 aliphatic heterocycles. The van der Waals surface area contributed by atoms with E-state index in [1.54, 1.807) is 18.4 Å². The van der Waals surface area contributed by atoms with Crippen LogP contribution in [0.3, 0.4) is 0 Å². The number of furan rings is 1. The van der Waals surface area contributed by atoms with Gasteiger partial charge in [0.1, 0.15) is 0 Å². The molecule has 1 fully saturated rings. The van der Waals surface area contributed by atoms with Crippen molar-refractivity contribution in [2.24, 2.45) is 0 Å². The van der Waals surface area contributed by atoms with Crippen LogP contribution in [0.1, 0.15) is 19.3 Å². The maximum atomic E-state index is 5.98. The molecular weight excluding hydrogens is 270 g/mol. The van der Waals surface area contributed by atoms with Crippen LogP contribution in [0, 0.1) is 0 Å². The molecule has 4 heterocycles. The molecule has 1 aliphatic rings. The zero-order chi connectivity index (χ0) is 14.2. The van der Waals surface area contributed by atoms with E-state index in [4.69, 9.17) is 10.2 Å². The summed E-state index contributed by atoms with van der Waals surface area (Å²) in [4.78, 5) is 15.3. The van der Waals surface area contributed by atoms with Crippen LogP contribution in [0.25, 0.3) is 17.4 Å². The standard InChI is InChI=1S/C13H15N7O/c14-11-16-12(19-6-2-1-3-7-19)17-13-15-10(18-20(11)13)9-5-4-8-21-9/h4-5,8H,1-3,6-7H2,(H2,14,15,16,17,18). The Morgan fingerprint density at radius 1 is 1.10 bits per heavy atom. The molecule has 1 saturated heterocycles. The summed E-state index contributed by atoms with van der Waals surface area (Å²) in [7, 11) is 0. The summed E-state index contributed by atoms with van der Waals surface area (Å²) in [6.07, 6.45) is 5.13. The second kappa shape index (κ2) is 4.72. The first-order chi connectivity index (χ1) is 10.3. The van der Waals surface area contributed by atoms with Gasteiger partial charge in [0.25, 0.3) is 5.78 Å². The number of hydrogen-bond acceptors (Lipinski definition) is 7. The van der Waals surface area contributed by atoms with Crippen LogP contribution in [-0.4, -0.2) is 37.7 Å². The number of nitrogens with two attached hydrogens (primary N) is 1. The molecule has 0 saturated carbocycles. The van der Waals surface area contributed by atoms with E-state index in [1.165, 1.54) is 10.9 Å². The second-order valence-corrected chi connectivity index (χ2v) is 5.05. The fourth-order valence-corrected chi connectivity index (χ4v) is 2.54. The summed E-state index contributed by atoms with van der Waals surface area (Å²) in [5.74, 6) is 2.38. The molecule has 0 bridgehead atoms. The van der Waals surface area contributed by atoms with Gasteiger partial charge in [-0.05, 0) is 31.4 Å².